The van der Waals surface area contributed by atoms with Crippen molar-refractivity contribution >= 4 is 5.91 Å². The Morgan fingerprint density at radius 1 is 1.50 bits per heavy atom. The highest BCUT2D eigenvalue weighted by molar-refractivity contribution is 5.77. The monoisotopic (exact) mass is 249 g/mol. The molecular weight excluding hydrogens is 230 g/mol. The van der Waals surface area contributed by atoms with Crippen molar-refractivity contribution < 1.29 is 4.79 Å². The van der Waals surface area contributed by atoms with Crippen LogP contribution in [-0.2, 0) is 11.3 Å². The quantitative estimate of drug-likeness (QED) is 0.811. The van der Waals surface area contributed by atoms with Crippen LogP contribution >= 0.6 is 0 Å². The number of amides is 1. The van der Waals surface area contributed by atoms with Crippen molar-refractivity contribution in [3.63, 3.8) is 0 Å². The van der Waals surface area contributed by atoms with Crippen LogP contribution in [0.5, 0.6) is 0 Å². The minimum atomic E-state index is 0.245. The van der Waals surface area contributed by atoms with E-state index in [-0.39, 0.29) is 5.91 Å². The van der Waals surface area contributed by atoms with Gasteiger partial charge < -0.3 is 10.2 Å². The number of carbonyl (C=O) groups excluding carboxylic acids is 1. The van der Waals surface area contributed by atoms with Gasteiger partial charge in [-0.1, -0.05) is 5.21 Å². The largest absolute Gasteiger partial charge is 0.335 e. The maximum absolute atomic E-state index is 12.3. The van der Waals surface area contributed by atoms with Gasteiger partial charge in [-0.3, -0.25) is 9.48 Å². The Labute approximate surface area is 106 Å². The summed E-state index contributed by atoms with van der Waals surface area (Å²) in [5.74, 6) is 0.893. The van der Waals surface area contributed by atoms with Crippen molar-refractivity contribution in [3.05, 3.63) is 12.4 Å². The number of hydrogen-bond acceptors (Lipinski definition) is 4. The van der Waals surface area contributed by atoms with Gasteiger partial charge in [0.15, 0.2) is 0 Å². The zero-order valence-electron chi connectivity index (χ0n) is 10.6. The van der Waals surface area contributed by atoms with Crippen molar-refractivity contribution in [1.29, 1.82) is 0 Å². The van der Waals surface area contributed by atoms with Crippen LogP contribution in [0.25, 0.3) is 0 Å². The van der Waals surface area contributed by atoms with E-state index in [1.807, 2.05) is 0 Å². The molecule has 0 aromatic carbocycles. The summed E-state index contributed by atoms with van der Waals surface area (Å²) in [6.07, 6.45) is 5.07. The lowest BCUT2D eigenvalue weighted by molar-refractivity contribution is -0.134. The average molecular weight is 249 g/mol. The summed E-state index contributed by atoms with van der Waals surface area (Å²) in [6.45, 7) is 4.78. The van der Waals surface area contributed by atoms with Gasteiger partial charge in [-0.05, 0) is 19.3 Å². The lowest BCUT2D eigenvalue weighted by atomic mass is 10.0. The average Bonchev–Trinajstić information content (AvgIpc) is 3.01. The number of likely N-dealkylation sites (tertiary alicyclic amines) is 1. The summed E-state index contributed by atoms with van der Waals surface area (Å²) in [7, 11) is 0. The lowest BCUT2D eigenvalue weighted by Crippen LogP contribution is -2.43. The highest BCUT2D eigenvalue weighted by Crippen LogP contribution is 2.32. The first-order valence-electron chi connectivity index (χ1n) is 6.61. The van der Waals surface area contributed by atoms with Gasteiger partial charge in [0.05, 0.1) is 12.7 Å². The molecule has 1 aromatic rings. The fourth-order valence-corrected chi connectivity index (χ4v) is 3.29. The number of carbonyl (C=O) groups is 1. The summed E-state index contributed by atoms with van der Waals surface area (Å²) in [5, 5.41) is 11.0. The molecular formula is C12H19N5O. The van der Waals surface area contributed by atoms with Crippen LogP contribution in [0.2, 0.25) is 0 Å². The fraction of sp³-hybridized carbons (Fsp3) is 0.750. The third-order valence-corrected chi connectivity index (χ3v) is 4.09. The minimum Gasteiger partial charge on any atom is -0.335 e. The molecule has 2 fully saturated rings. The fourth-order valence-electron chi connectivity index (χ4n) is 3.29. The van der Waals surface area contributed by atoms with E-state index in [9.17, 15) is 4.79 Å². The zero-order chi connectivity index (χ0) is 12.5. The summed E-state index contributed by atoms with van der Waals surface area (Å²) in [5.41, 5.74) is 0. The maximum atomic E-state index is 12.3. The Morgan fingerprint density at radius 3 is 3.17 bits per heavy atom. The summed E-state index contributed by atoms with van der Waals surface area (Å²) in [4.78, 5) is 14.4. The number of nitrogens with one attached hydrogen (secondary N) is 1. The number of rotatable bonds is 3. The first kappa shape index (κ1) is 11.6. The molecule has 3 unspecified atom stereocenters. The summed E-state index contributed by atoms with van der Waals surface area (Å²) < 4.78 is 1.71. The van der Waals surface area contributed by atoms with Crippen LogP contribution in [-0.4, -0.2) is 51.0 Å². The topological polar surface area (TPSA) is 63.1 Å². The zero-order valence-corrected chi connectivity index (χ0v) is 10.6. The Balaban J connectivity index is 1.61. The van der Waals surface area contributed by atoms with E-state index in [0.717, 1.165) is 19.5 Å². The third kappa shape index (κ3) is 2.01. The van der Waals surface area contributed by atoms with Gasteiger partial charge in [0.2, 0.25) is 5.91 Å². The van der Waals surface area contributed by atoms with Gasteiger partial charge in [0.1, 0.15) is 0 Å². The molecule has 18 heavy (non-hydrogen) atoms. The van der Waals surface area contributed by atoms with Gasteiger partial charge in [-0.15, -0.1) is 5.10 Å². The van der Waals surface area contributed by atoms with Crippen LogP contribution in [0.15, 0.2) is 12.4 Å². The number of aryl methyl sites for hydroxylation is 1. The van der Waals surface area contributed by atoms with Crippen molar-refractivity contribution in [2.24, 2.45) is 5.92 Å². The summed E-state index contributed by atoms with van der Waals surface area (Å²) >= 11 is 0. The van der Waals surface area contributed by atoms with Crippen molar-refractivity contribution in [3.8, 4) is 0 Å². The van der Waals surface area contributed by atoms with Crippen LogP contribution in [0.3, 0.4) is 0 Å². The predicted molar refractivity (Wildman–Crippen MR) is 65.7 cm³/mol. The van der Waals surface area contributed by atoms with E-state index in [4.69, 9.17) is 0 Å². The van der Waals surface area contributed by atoms with Crippen molar-refractivity contribution in [2.75, 3.05) is 13.1 Å². The Morgan fingerprint density at radius 2 is 2.39 bits per heavy atom. The van der Waals surface area contributed by atoms with Gasteiger partial charge >= 0.3 is 0 Å². The Hall–Kier alpha value is -1.43. The number of fused-ring (bicyclic) bond motifs is 1. The first-order valence-corrected chi connectivity index (χ1v) is 6.61. The highest BCUT2D eigenvalue weighted by Gasteiger charge is 2.43. The second-order valence-electron chi connectivity index (χ2n) is 5.29. The molecule has 2 saturated heterocycles. The second kappa shape index (κ2) is 4.68. The number of nitrogens with zero attached hydrogens (tertiary/aromatic N) is 4. The number of hydrogen-bond donors (Lipinski definition) is 1. The van der Waals surface area contributed by atoms with Crippen LogP contribution in [0.1, 0.15) is 19.8 Å². The molecule has 0 bridgehead atoms. The standard InChI is InChI=1S/C12H19N5O/c1-9-6-10-7-13-8-11(10)17(9)12(18)2-4-16-5-3-14-15-16/h3,5,9-11,13H,2,4,6-8H2,1H3. The molecule has 1 aromatic heterocycles. The molecule has 3 heterocycles. The normalized spacial score (nSPS) is 30.7. The van der Waals surface area contributed by atoms with E-state index in [0.29, 0.717) is 31.0 Å². The maximum Gasteiger partial charge on any atom is 0.224 e. The predicted octanol–water partition coefficient (Wildman–Crippen LogP) is -0.123. The smallest absolute Gasteiger partial charge is 0.224 e. The van der Waals surface area contributed by atoms with Gasteiger partial charge in [-0.2, -0.15) is 0 Å². The molecule has 1 N–H and O–H groups in total. The summed E-state index contributed by atoms with van der Waals surface area (Å²) in [6, 6.07) is 0.786. The van der Waals surface area contributed by atoms with Crippen LogP contribution in [0.4, 0.5) is 0 Å². The molecule has 98 valence electrons. The Kier molecular flexibility index (Phi) is 3.03. The van der Waals surface area contributed by atoms with Crippen molar-refractivity contribution in [1.82, 2.24) is 25.2 Å². The molecule has 0 saturated carbocycles. The highest BCUT2D eigenvalue weighted by atomic mass is 16.2. The SMILES string of the molecule is CC1CC2CNCC2N1C(=O)CCn1ccnn1. The van der Waals surface area contributed by atoms with E-state index in [2.05, 4.69) is 27.5 Å². The van der Waals surface area contributed by atoms with Crippen LogP contribution < -0.4 is 5.32 Å². The van der Waals surface area contributed by atoms with Crippen molar-refractivity contribution in [2.45, 2.75) is 38.4 Å². The van der Waals surface area contributed by atoms with Gasteiger partial charge in [-0.25, -0.2) is 0 Å². The lowest BCUT2D eigenvalue weighted by Gasteiger charge is -2.27. The van der Waals surface area contributed by atoms with E-state index in [1.165, 1.54) is 0 Å². The molecule has 0 spiro atoms. The molecule has 3 rings (SSSR count). The van der Waals surface area contributed by atoms with Crippen LogP contribution in [0, 0.1) is 5.92 Å². The molecule has 0 radical (unpaired) electrons. The molecule has 1 amide bonds. The van der Waals surface area contributed by atoms with Gasteiger partial charge in [0, 0.05) is 37.8 Å². The van der Waals surface area contributed by atoms with Gasteiger partial charge in [0.25, 0.3) is 0 Å². The molecule has 2 aliphatic heterocycles. The van der Waals surface area contributed by atoms with E-state index in [1.54, 1.807) is 17.1 Å². The second-order valence-corrected chi connectivity index (χ2v) is 5.29. The molecule has 2 aliphatic rings. The number of aromatic nitrogens is 3. The molecule has 6 heteroatoms. The molecule has 0 aliphatic carbocycles. The third-order valence-electron chi connectivity index (χ3n) is 4.09. The first-order chi connectivity index (χ1) is 8.75. The Bertz CT molecular complexity index is 418. The van der Waals surface area contributed by atoms with E-state index >= 15 is 0 Å². The van der Waals surface area contributed by atoms with E-state index < -0.39 is 0 Å². The minimum absolute atomic E-state index is 0.245. The molecule has 3 atom stereocenters. The molecule has 6 nitrogen and oxygen atoms in total.